The van der Waals surface area contributed by atoms with Gasteiger partial charge >= 0.3 is 0 Å². The van der Waals surface area contributed by atoms with Crippen LogP contribution in [-0.2, 0) is 4.79 Å². The van der Waals surface area contributed by atoms with E-state index in [9.17, 15) is 9.90 Å². The highest BCUT2D eigenvalue weighted by molar-refractivity contribution is 14.0. The molecule has 1 aromatic carbocycles. The van der Waals surface area contributed by atoms with Crippen LogP contribution in [0.4, 0.5) is 0 Å². The number of aliphatic imine (C=N–C) groups is 1. The molecule has 2 unspecified atom stereocenters. The van der Waals surface area contributed by atoms with E-state index in [1.165, 1.54) is 0 Å². The van der Waals surface area contributed by atoms with Gasteiger partial charge in [-0.25, -0.2) is 0 Å². The van der Waals surface area contributed by atoms with Gasteiger partial charge in [-0.05, 0) is 30.5 Å². The van der Waals surface area contributed by atoms with E-state index in [2.05, 4.69) is 20.5 Å². The maximum Gasteiger partial charge on any atom is 0.220 e. The van der Waals surface area contributed by atoms with E-state index < -0.39 is 6.10 Å². The Labute approximate surface area is 176 Å². The number of aliphatic hydroxyl groups excluding tert-OH is 1. The summed E-state index contributed by atoms with van der Waals surface area (Å²) in [6.45, 7) is 2.83. The van der Waals surface area contributed by atoms with Gasteiger partial charge in [0.1, 0.15) is 0 Å². The Kier molecular flexibility index (Phi) is 7.54. The van der Waals surface area contributed by atoms with E-state index in [1.807, 2.05) is 12.1 Å². The third-order valence-corrected chi connectivity index (χ3v) is 5.33. The number of guanidine groups is 1. The van der Waals surface area contributed by atoms with Crippen LogP contribution < -0.4 is 10.6 Å². The average Bonchev–Trinajstić information content (AvgIpc) is 2.96. The zero-order valence-corrected chi connectivity index (χ0v) is 18.0. The minimum absolute atomic E-state index is 0. The molecule has 8 heteroatoms. The van der Waals surface area contributed by atoms with E-state index >= 15 is 0 Å². The van der Waals surface area contributed by atoms with Crippen LogP contribution in [0.5, 0.6) is 0 Å². The Morgan fingerprint density at radius 2 is 2.19 bits per heavy atom. The van der Waals surface area contributed by atoms with Crippen LogP contribution >= 0.6 is 35.6 Å². The third-order valence-electron chi connectivity index (χ3n) is 5.08. The Morgan fingerprint density at radius 3 is 2.81 bits per heavy atom. The Hall–Kier alpha value is -1.06. The minimum Gasteiger partial charge on any atom is -0.387 e. The molecule has 2 saturated heterocycles. The molecule has 2 heterocycles. The van der Waals surface area contributed by atoms with Crippen LogP contribution in [0, 0.1) is 5.41 Å². The zero-order valence-electron chi connectivity index (χ0n) is 14.9. The van der Waals surface area contributed by atoms with Crippen LogP contribution in [0.1, 0.15) is 30.9 Å². The highest BCUT2D eigenvalue weighted by Gasteiger charge is 2.42. The lowest BCUT2D eigenvalue weighted by atomic mass is 9.79. The minimum atomic E-state index is -0.637. The maximum atomic E-state index is 11.6. The fourth-order valence-electron chi connectivity index (χ4n) is 3.75. The van der Waals surface area contributed by atoms with Crippen LogP contribution in [0.2, 0.25) is 5.02 Å². The number of likely N-dealkylation sites (tertiary alicyclic amines) is 1. The first-order chi connectivity index (χ1) is 12.0. The lowest BCUT2D eigenvalue weighted by Crippen LogP contribution is -2.51. The molecule has 0 aliphatic carbocycles. The second-order valence-electron chi connectivity index (χ2n) is 6.97. The molecular formula is C18H26ClIN4O2. The van der Waals surface area contributed by atoms with Gasteiger partial charge in [0.25, 0.3) is 0 Å². The second kappa shape index (κ2) is 9.23. The summed E-state index contributed by atoms with van der Waals surface area (Å²) in [7, 11) is 1.75. The van der Waals surface area contributed by atoms with Crippen molar-refractivity contribution >= 4 is 47.4 Å². The normalized spacial score (nSPS) is 24.2. The van der Waals surface area contributed by atoms with Gasteiger partial charge in [0.05, 0.1) is 6.10 Å². The Morgan fingerprint density at radius 1 is 1.46 bits per heavy atom. The van der Waals surface area contributed by atoms with Crippen molar-refractivity contribution in [2.75, 3.05) is 33.2 Å². The summed E-state index contributed by atoms with van der Waals surface area (Å²) in [6.07, 6.45) is 2.05. The summed E-state index contributed by atoms with van der Waals surface area (Å²) in [5, 5.41) is 17.2. The fourth-order valence-corrected chi connectivity index (χ4v) is 3.88. The van der Waals surface area contributed by atoms with Crippen LogP contribution in [-0.4, -0.2) is 55.1 Å². The number of carbonyl (C=O) groups is 1. The molecule has 0 aromatic heterocycles. The van der Waals surface area contributed by atoms with Crippen molar-refractivity contribution in [1.82, 2.24) is 15.5 Å². The molecule has 2 atom stereocenters. The average molecular weight is 493 g/mol. The van der Waals surface area contributed by atoms with Gasteiger partial charge in [0, 0.05) is 50.1 Å². The summed E-state index contributed by atoms with van der Waals surface area (Å²) < 4.78 is 0. The number of hydrogen-bond donors (Lipinski definition) is 3. The molecule has 0 saturated carbocycles. The third kappa shape index (κ3) is 5.01. The second-order valence-corrected chi connectivity index (χ2v) is 7.41. The van der Waals surface area contributed by atoms with Crippen molar-refractivity contribution in [1.29, 1.82) is 0 Å². The van der Waals surface area contributed by atoms with Gasteiger partial charge in [-0.3, -0.25) is 9.79 Å². The van der Waals surface area contributed by atoms with Gasteiger partial charge in [-0.1, -0.05) is 23.7 Å². The highest BCUT2D eigenvalue weighted by atomic mass is 127. The fraction of sp³-hybridized carbons (Fsp3) is 0.556. The van der Waals surface area contributed by atoms with Crippen molar-refractivity contribution < 1.29 is 9.90 Å². The quantitative estimate of drug-likeness (QED) is 0.343. The number of carbonyl (C=O) groups excluding carboxylic acids is 1. The predicted molar refractivity (Wildman–Crippen MR) is 114 cm³/mol. The molecule has 2 aliphatic heterocycles. The van der Waals surface area contributed by atoms with Crippen molar-refractivity contribution in [3.63, 3.8) is 0 Å². The van der Waals surface area contributed by atoms with E-state index in [1.54, 1.807) is 19.2 Å². The number of piperidine rings is 1. The van der Waals surface area contributed by atoms with E-state index in [4.69, 9.17) is 11.6 Å². The summed E-state index contributed by atoms with van der Waals surface area (Å²) in [4.78, 5) is 18.2. The molecule has 6 nitrogen and oxygen atoms in total. The van der Waals surface area contributed by atoms with E-state index in [-0.39, 0.29) is 35.3 Å². The van der Waals surface area contributed by atoms with Crippen molar-refractivity contribution in [3.05, 3.63) is 34.9 Å². The first kappa shape index (κ1) is 21.2. The molecule has 2 aliphatic rings. The smallest absolute Gasteiger partial charge is 0.220 e. The number of aliphatic hydroxyl groups is 1. The van der Waals surface area contributed by atoms with Gasteiger partial charge in [-0.15, -0.1) is 24.0 Å². The zero-order chi connectivity index (χ0) is 17.9. The number of rotatable bonds is 3. The highest BCUT2D eigenvalue weighted by Crippen LogP contribution is 2.36. The molecule has 0 radical (unpaired) electrons. The predicted octanol–water partition coefficient (Wildman–Crippen LogP) is 2.17. The summed E-state index contributed by atoms with van der Waals surface area (Å²) in [5.74, 6) is 0.911. The number of nitrogens with one attached hydrogen (secondary N) is 2. The molecule has 144 valence electrons. The molecule has 0 bridgehead atoms. The Bertz CT molecular complexity index is 655. The van der Waals surface area contributed by atoms with Crippen LogP contribution in [0.15, 0.2) is 29.3 Å². The van der Waals surface area contributed by atoms with Crippen molar-refractivity contribution in [3.8, 4) is 0 Å². The standard InChI is InChI=1S/C18H25ClN4O2.HI/c1-20-17(21-10-15(24)13-3-5-14(19)6-4-13)23-8-2-7-18(12-23)9-16(25)22-11-18;/h3-6,15,24H,2,7-12H2,1H3,(H,20,21)(H,22,25);1H. The van der Waals surface area contributed by atoms with E-state index in [0.29, 0.717) is 18.0 Å². The van der Waals surface area contributed by atoms with Gasteiger partial charge < -0.3 is 20.6 Å². The van der Waals surface area contributed by atoms with E-state index in [0.717, 1.165) is 44.0 Å². The molecule has 1 amide bonds. The van der Waals surface area contributed by atoms with Gasteiger partial charge in [0.2, 0.25) is 5.91 Å². The number of amides is 1. The largest absolute Gasteiger partial charge is 0.387 e. The van der Waals surface area contributed by atoms with Crippen molar-refractivity contribution in [2.24, 2.45) is 10.4 Å². The molecular weight excluding hydrogens is 467 g/mol. The first-order valence-corrected chi connectivity index (χ1v) is 9.05. The summed E-state index contributed by atoms with van der Waals surface area (Å²) >= 11 is 5.89. The number of hydrogen-bond acceptors (Lipinski definition) is 3. The van der Waals surface area contributed by atoms with Gasteiger partial charge in [0.15, 0.2) is 5.96 Å². The number of halogens is 2. The monoisotopic (exact) mass is 492 g/mol. The lowest BCUT2D eigenvalue weighted by molar-refractivity contribution is -0.119. The van der Waals surface area contributed by atoms with Crippen molar-refractivity contribution in [2.45, 2.75) is 25.4 Å². The molecule has 1 aromatic rings. The Balaban J connectivity index is 0.00000243. The number of nitrogens with zero attached hydrogens (tertiary/aromatic N) is 2. The molecule has 3 N–H and O–H groups in total. The van der Waals surface area contributed by atoms with Crippen LogP contribution in [0.3, 0.4) is 0 Å². The van der Waals surface area contributed by atoms with Crippen LogP contribution in [0.25, 0.3) is 0 Å². The first-order valence-electron chi connectivity index (χ1n) is 8.67. The summed E-state index contributed by atoms with van der Waals surface area (Å²) in [5.41, 5.74) is 0.829. The molecule has 1 spiro atoms. The topological polar surface area (TPSA) is 77.0 Å². The summed E-state index contributed by atoms with van der Waals surface area (Å²) in [6, 6.07) is 7.19. The number of benzene rings is 1. The molecule has 3 rings (SSSR count). The lowest BCUT2D eigenvalue weighted by Gasteiger charge is -2.40. The SMILES string of the molecule is CN=C(NCC(O)c1ccc(Cl)cc1)N1CCCC2(CNC(=O)C2)C1.I. The molecule has 2 fully saturated rings. The maximum absolute atomic E-state index is 11.6. The molecule has 26 heavy (non-hydrogen) atoms. The van der Waals surface area contributed by atoms with Gasteiger partial charge in [-0.2, -0.15) is 0 Å².